The van der Waals surface area contributed by atoms with Gasteiger partial charge < -0.3 is 4.90 Å². The summed E-state index contributed by atoms with van der Waals surface area (Å²) in [4.78, 5) is 17.4. The van der Waals surface area contributed by atoms with Crippen LogP contribution < -0.4 is 0 Å². The highest BCUT2D eigenvalue weighted by molar-refractivity contribution is 7.99. The third kappa shape index (κ3) is 5.82. The van der Waals surface area contributed by atoms with Crippen LogP contribution in [0, 0.1) is 0 Å². The van der Waals surface area contributed by atoms with Crippen molar-refractivity contribution in [3.05, 3.63) is 35.1 Å². The second-order valence-corrected chi connectivity index (χ2v) is 10.1. The van der Waals surface area contributed by atoms with Gasteiger partial charge in [-0.15, -0.1) is 10.2 Å². The SMILES string of the molecule is CC(c1nnc(SCC(=O)N(C(C)C)C2CCCCC2)n1-c1ccc(Cl)cc1)N(C)C. The minimum atomic E-state index is 0.0719. The van der Waals surface area contributed by atoms with Gasteiger partial charge in [0.1, 0.15) is 0 Å². The van der Waals surface area contributed by atoms with Crippen molar-refractivity contribution >= 4 is 29.3 Å². The van der Waals surface area contributed by atoms with Gasteiger partial charge in [-0.2, -0.15) is 0 Å². The Morgan fingerprint density at radius 3 is 2.35 bits per heavy atom. The fourth-order valence-corrected chi connectivity index (χ4v) is 5.14. The van der Waals surface area contributed by atoms with Gasteiger partial charge in [-0.25, -0.2) is 0 Å². The molecule has 1 aliphatic rings. The zero-order chi connectivity index (χ0) is 22.5. The summed E-state index contributed by atoms with van der Waals surface area (Å²) in [7, 11) is 4.04. The predicted octanol–water partition coefficient (Wildman–Crippen LogP) is 5.21. The summed E-state index contributed by atoms with van der Waals surface area (Å²) in [5, 5.41) is 10.3. The largest absolute Gasteiger partial charge is 0.337 e. The van der Waals surface area contributed by atoms with E-state index in [9.17, 15) is 4.79 Å². The van der Waals surface area contributed by atoms with Crippen LogP contribution in [0.5, 0.6) is 0 Å². The van der Waals surface area contributed by atoms with E-state index >= 15 is 0 Å². The lowest BCUT2D eigenvalue weighted by Crippen LogP contribution is -2.46. The summed E-state index contributed by atoms with van der Waals surface area (Å²) in [5.74, 6) is 1.38. The molecule has 1 aliphatic carbocycles. The molecule has 31 heavy (non-hydrogen) atoms. The van der Waals surface area contributed by atoms with Gasteiger partial charge in [-0.05, 0) is 72.0 Å². The fraction of sp³-hybridized carbons (Fsp3) is 0.609. The Morgan fingerprint density at radius 2 is 1.77 bits per heavy atom. The first-order chi connectivity index (χ1) is 14.8. The lowest BCUT2D eigenvalue weighted by Gasteiger charge is -2.37. The highest BCUT2D eigenvalue weighted by Gasteiger charge is 2.28. The van der Waals surface area contributed by atoms with Crippen LogP contribution in [0.15, 0.2) is 29.4 Å². The summed E-state index contributed by atoms with van der Waals surface area (Å²) in [5.41, 5.74) is 0.945. The van der Waals surface area contributed by atoms with Gasteiger partial charge in [-0.3, -0.25) is 14.3 Å². The molecule has 0 N–H and O–H groups in total. The molecule has 1 aromatic heterocycles. The van der Waals surface area contributed by atoms with Crippen molar-refractivity contribution in [2.75, 3.05) is 19.8 Å². The molecule has 0 aliphatic heterocycles. The molecule has 0 spiro atoms. The molecule has 8 heteroatoms. The maximum atomic E-state index is 13.2. The summed E-state index contributed by atoms with van der Waals surface area (Å²) in [6, 6.07) is 8.30. The molecule has 1 aromatic carbocycles. The van der Waals surface area contributed by atoms with E-state index in [-0.39, 0.29) is 18.0 Å². The van der Waals surface area contributed by atoms with Crippen LogP contribution in [0.3, 0.4) is 0 Å². The summed E-state index contributed by atoms with van der Waals surface area (Å²) >= 11 is 7.56. The van der Waals surface area contributed by atoms with Gasteiger partial charge in [0, 0.05) is 22.8 Å². The second-order valence-electron chi connectivity index (χ2n) is 8.77. The molecule has 6 nitrogen and oxygen atoms in total. The average Bonchev–Trinajstić information content (AvgIpc) is 3.16. The molecule has 3 rings (SSSR count). The molecule has 170 valence electrons. The van der Waals surface area contributed by atoms with Crippen molar-refractivity contribution in [1.29, 1.82) is 0 Å². The van der Waals surface area contributed by atoms with Gasteiger partial charge in [0.2, 0.25) is 5.91 Å². The zero-order valence-electron chi connectivity index (χ0n) is 19.2. The molecule has 0 radical (unpaired) electrons. The molecular weight excluding hydrogens is 430 g/mol. The van der Waals surface area contributed by atoms with Gasteiger partial charge >= 0.3 is 0 Å². The highest BCUT2D eigenvalue weighted by atomic mass is 35.5. The van der Waals surface area contributed by atoms with Gasteiger partial charge in [0.25, 0.3) is 0 Å². The van der Waals surface area contributed by atoms with Crippen LogP contribution in [-0.2, 0) is 4.79 Å². The number of carbonyl (C=O) groups is 1. The van der Waals surface area contributed by atoms with E-state index in [2.05, 4.69) is 40.8 Å². The molecule has 1 atom stereocenters. The van der Waals surface area contributed by atoms with Crippen molar-refractivity contribution in [2.45, 2.75) is 76.2 Å². The highest BCUT2D eigenvalue weighted by Crippen LogP contribution is 2.29. The Hall–Kier alpha value is -1.57. The van der Waals surface area contributed by atoms with Crippen LogP contribution >= 0.6 is 23.4 Å². The number of rotatable bonds is 8. The van der Waals surface area contributed by atoms with Crippen LogP contribution in [0.4, 0.5) is 0 Å². The zero-order valence-corrected chi connectivity index (χ0v) is 20.8. The van der Waals surface area contributed by atoms with E-state index in [0.29, 0.717) is 16.8 Å². The molecule has 2 aromatic rings. The molecule has 1 fully saturated rings. The monoisotopic (exact) mass is 463 g/mol. The lowest BCUT2D eigenvalue weighted by molar-refractivity contribution is -0.133. The first kappa shape index (κ1) is 24.1. The molecule has 1 saturated carbocycles. The first-order valence-electron chi connectivity index (χ1n) is 11.1. The van der Waals surface area contributed by atoms with Crippen molar-refractivity contribution in [1.82, 2.24) is 24.6 Å². The van der Waals surface area contributed by atoms with Crippen LogP contribution in [0.1, 0.15) is 64.7 Å². The number of halogens is 1. The Balaban J connectivity index is 1.83. The third-order valence-electron chi connectivity index (χ3n) is 6.03. The number of thioether (sulfide) groups is 1. The van der Waals surface area contributed by atoms with E-state index in [0.717, 1.165) is 29.5 Å². The van der Waals surface area contributed by atoms with Crippen molar-refractivity contribution in [3.63, 3.8) is 0 Å². The van der Waals surface area contributed by atoms with E-state index in [1.54, 1.807) is 0 Å². The van der Waals surface area contributed by atoms with E-state index in [4.69, 9.17) is 11.6 Å². The Labute approximate surface area is 195 Å². The molecule has 1 heterocycles. The smallest absolute Gasteiger partial charge is 0.233 e. The van der Waals surface area contributed by atoms with Gasteiger partial charge in [0.15, 0.2) is 11.0 Å². The van der Waals surface area contributed by atoms with E-state index in [1.807, 2.05) is 42.9 Å². The fourth-order valence-electron chi connectivity index (χ4n) is 4.18. The minimum absolute atomic E-state index is 0.0719. The van der Waals surface area contributed by atoms with Crippen molar-refractivity contribution in [2.24, 2.45) is 0 Å². The number of benzene rings is 1. The molecule has 1 amide bonds. The quantitative estimate of drug-likeness (QED) is 0.503. The number of nitrogens with zero attached hydrogens (tertiary/aromatic N) is 5. The molecule has 1 unspecified atom stereocenters. The Morgan fingerprint density at radius 1 is 1.13 bits per heavy atom. The summed E-state index contributed by atoms with van der Waals surface area (Å²) < 4.78 is 2.04. The van der Waals surface area contributed by atoms with E-state index < -0.39 is 0 Å². The van der Waals surface area contributed by atoms with Crippen LogP contribution in [-0.4, -0.2) is 62.4 Å². The molecular formula is C23H34ClN5OS. The molecule has 0 saturated heterocycles. The predicted molar refractivity (Wildman–Crippen MR) is 128 cm³/mol. The number of hydrogen-bond donors (Lipinski definition) is 0. The third-order valence-corrected chi connectivity index (χ3v) is 7.19. The van der Waals surface area contributed by atoms with Crippen LogP contribution in [0.2, 0.25) is 5.02 Å². The summed E-state index contributed by atoms with van der Waals surface area (Å²) in [6.07, 6.45) is 5.93. The number of amides is 1. The number of aromatic nitrogens is 3. The first-order valence-corrected chi connectivity index (χ1v) is 12.5. The Kier molecular flexibility index (Phi) is 8.42. The van der Waals surface area contributed by atoms with Crippen molar-refractivity contribution < 1.29 is 4.79 Å². The number of carbonyl (C=O) groups excluding carboxylic acids is 1. The van der Waals surface area contributed by atoms with Crippen molar-refractivity contribution in [3.8, 4) is 5.69 Å². The normalized spacial score (nSPS) is 16.1. The Bertz CT molecular complexity index is 861. The average molecular weight is 464 g/mol. The minimum Gasteiger partial charge on any atom is -0.337 e. The van der Waals surface area contributed by atoms with Gasteiger partial charge in [0.05, 0.1) is 11.8 Å². The van der Waals surface area contributed by atoms with Crippen LogP contribution in [0.25, 0.3) is 5.69 Å². The molecule has 0 bridgehead atoms. The summed E-state index contributed by atoms with van der Waals surface area (Å²) in [6.45, 7) is 6.33. The number of hydrogen-bond acceptors (Lipinski definition) is 5. The van der Waals surface area contributed by atoms with Gasteiger partial charge in [-0.1, -0.05) is 42.6 Å². The maximum absolute atomic E-state index is 13.2. The lowest BCUT2D eigenvalue weighted by atomic mass is 9.93. The van der Waals surface area contributed by atoms with E-state index in [1.165, 1.54) is 31.0 Å². The topological polar surface area (TPSA) is 54.3 Å². The maximum Gasteiger partial charge on any atom is 0.233 e. The standard InChI is InChI=1S/C23H34ClN5OS/c1-16(2)28(19-9-7-6-8-10-19)21(30)15-31-23-26-25-22(17(3)27(4)5)29(23)20-13-11-18(24)12-14-20/h11-14,16-17,19H,6-10,15H2,1-5H3. The second kappa shape index (κ2) is 10.8.